The molecule has 0 aliphatic carbocycles. The summed E-state index contributed by atoms with van der Waals surface area (Å²) in [7, 11) is 2.00. The summed E-state index contributed by atoms with van der Waals surface area (Å²) in [6.07, 6.45) is 0. The summed E-state index contributed by atoms with van der Waals surface area (Å²) in [4.78, 5) is 27.7. The van der Waals surface area contributed by atoms with E-state index in [1.54, 1.807) is 6.92 Å². The summed E-state index contributed by atoms with van der Waals surface area (Å²) in [5.74, 6) is -0.507. The molecule has 23 heavy (non-hydrogen) atoms. The molecule has 0 unspecified atom stereocenters. The van der Waals surface area contributed by atoms with Crippen LogP contribution in [0.15, 0.2) is 16.9 Å². The van der Waals surface area contributed by atoms with Gasteiger partial charge in [0, 0.05) is 29.7 Å². The van der Waals surface area contributed by atoms with E-state index in [-0.39, 0.29) is 17.7 Å². The summed E-state index contributed by atoms with van der Waals surface area (Å²) in [5.41, 5.74) is 4.89. The number of benzene rings is 1. The number of rotatable bonds is 2. The summed E-state index contributed by atoms with van der Waals surface area (Å²) >= 11 is 0. The molecule has 0 saturated carbocycles. The van der Waals surface area contributed by atoms with Gasteiger partial charge >= 0.3 is 5.97 Å². The zero-order valence-electron chi connectivity index (χ0n) is 14.0. The minimum atomic E-state index is -0.507. The first-order chi connectivity index (χ1) is 10.9. The van der Waals surface area contributed by atoms with Crippen molar-refractivity contribution >= 4 is 27.8 Å². The predicted octanol–water partition coefficient (Wildman–Crippen LogP) is 3.12. The highest BCUT2D eigenvalue weighted by atomic mass is 16.5. The van der Waals surface area contributed by atoms with Gasteiger partial charge in [0.2, 0.25) is 0 Å². The number of ether oxygens (including phenoxy) is 1. The smallest absolute Gasteiger partial charge is 0.354 e. The summed E-state index contributed by atoms with van der Waals surface area (Å²) in [6.45, 7) is 8.00. The van der Waals surface area contributed by atoms with E-state index in [1.807, 2.05) is 33.9 Å². The Morgan fingerprint density at radius 2 is 1.91 bits per heavy atom. The largest absolute Gasteiger partial charge is 0.461 e. The van der Waals surface area contributed by atoms with E-state index in [4.69, 9.17) is 4.74 Å². The van der Waals surface area contributed by atoms with E-state index < -0.39 is 5.97 Å². The Kier molecular flexibility index (Phi) is 3.51. The van der Waals surface area contributed by atoms with Gasteiger partial charge in [-0.05, 0) is 44.9 Å². The molecule has 1 aromatic carbocycles. The number of pyridine rings is 1. The van der Waals surface area contributed by atoms with E-state index in [2.05, 4.69) is 9.55 Å². The quantitative estimate of drug-likeness (QED) is 0.739. The first-order valence-corrected chi connectivity index (χ1v) is 7.66. The van der Waals surface area contributed by atoms with Gasteiger partial charge in [-0.1, -0.05) is 0 Å². The van der Waals surface area contributed by atoms with E-state index in [0.717, 1.165) is 27.7 Å². The maximum atomic E-state index is 12.7. The number of nitrogens with one attached hydrogen (secondary N) is 1. The Balaban J connectivity index is 2.47. The Morgan fingerprint density at radius 3 is 2.57 bits per heavy atom. The van der Waals surface area contributed by atoms with Gasteiger partial charge in [0.25, 0.3) is 0 Å². The highest BCUT2D eigenvalue weighted by Gasteiger charge is 2.18. The lowest BCUT2D eigenvalue weighted by atomic mass is 10.0. The van der Waals surface area contributed by atoms with Gasteiger partial charge in [0.1, 0.15) is 5.69 Å². The van der Waals surface area contributed by atoms with Crippen LogP contribution in [0.2, 0.25) is 0 Å². The van der Waals surface area contributed by atoms with Gasteiger partial charge in [0.15, 0.2) is 5.43 Å². The molecule has 0 amide bonds. The molecule has 0 fully saturated rings. The van der Waals surface area contributed by atoms with Crippen LogP contribution in [0.5, 0.6) is 0 Å². The summed E-state index contributed by atoms with van der Waals surface area (Å²) in [6, 6.07) is 3.38. The van der Waals surface area contributed by atoms with Gasteiger partial charge in [-0.25, -0.2) is 4.79 Å². The molecule has 0 bridgehead atoms. The zero-order chi connectivity index (χ0) is 16.9. The molecule has 3 aromatic rings. The van der Waals surface area contributed by atoms with Gasteiger partial charge in [0.05, 0.1) is 17.5 Å². The molecular weight excluding hydrogens is 292 g/mol. The number of fused-ring (bicyclic) bond motifs is 3. The molecule has 3 rings (SSSR count). The number of nitrogens with zero attached hydrogens (tertiary/aromatic N) is 1. The fraction of sp³-hybridized carbons (Fsp3) is 0.333. The van der Waals surface area contributed by atoms with Crippen LogP contribution in [0.4, 0.5) is 0 Å². The predicted molar refractivity (Wildman–Crippen MR) is 91.2 cm³/mol. The fourth-order valence-corrected chi connectivity index (χ4v) is 3.16. The Labute approximate surface area is 133 Å². The molecule has 120 valence electrons. The van der Waals surface area contributed by atoms with Crippen LogP contribution in [0, 0.1) is 20.8 Å². The average Bonchev–Trinajstić information content (AvgIpc) is 2.72. The minimum Gasteiger partial charge on any atom is -0.461 e. The van der Waals surface area contributed by atoms with Crippen LogP contribution in [-0.4, -0.2) is 22.1 Å². The number of esters is 1. The summed E-state index contributed by atoms with van der Waals surface area (Å²) in [5, 5.41) is 1.58. The Morgan fingerprint density at radius 1 is 1.22 bits per heavy atom. The number of H-pyrrole nitrogens is 1. The fourth-order valence-electron chi connectivity index (χ4n) is 3.16. The third-order valence-corrected chi connectivity index (χ3v) is 4.56. The van der Waals surface area contributed by atoms with Crippen LogP contribution in [0.3, 0.4) is 0 Å². The monoisotopic (exact) mass is 312 g/mol. The molecule has 1 N–H and O–H groups in total. The number of aromatic amines is 1. The van der Waals surface area contributed by atoms with Crippen molar-refractivity contribution in [3.8, 4) is 0 Å². The van der Waals surface area contributed by atoms with E-state index in [0.29, 0.717) is 10.9 Å². The SMILES string of the molecule is CCOC(=O)c1cc(=O)c2c([nH]1)c(C)cc1c2c(C)c(C)n1C. The van der Waals surface area contributed by atoms with Crippen molar-refractivity contribution in [1.29, 1.82) is 0 Å². The van der Waals surface area contributed by atoms with Gasteiger partial charge in [-0.2, -0.15) is 0 Å². The highest BCUT2D eigenvalue weighted by Crippen LogP contribution is 2.31. The van der Waals surface area contributed by atoms with Gasteiger partial charge < -0.3 is 14.3 Å². The van der Waals surface area contributed by atoms with Crippen molar-refractivity contribution in [3.63, 3.8) is 0 Å². The maximum Gasteiger partial charge on any atom is 0.354 e. The normalized spacial score (nSPS) is 11.3. The van der Waals surface area contributed by atoms with Crippen LogP contribution in [0.1, 0.15) is 34.2 Å². The van der Waals surface area contributed by atoms with Crippen molar-refractivity contribution in [2.45, 2.75) is 27.7 Å². The van der Waals surface area contributed by atoms with Crippen LogP contribution in [0.25, 0.3) is 21.8 Å². The second kappa shape index (κ2) is 5.26. The third kappa shape index (κ3) is 2.15. The zero-order valence-corrected chi connectivity index (χ0v) is 14.0. The second-order valence-electron chi connectivity index (χ2n) is 5.87. The molecular formula is C18H20N2O3. The number of hydrogen-bond acceptors (Lipinski definition) is 3. The van der Waals surface area contributed by atoms with E-state index in [9.17, 15) is 9.59 Å². The average molecular weight is 312 g/mol. The molecule has 5 heteroatoms. The van der Waals surface area contributed by atoms with Crippen molar-refractivity contribution in [2.75, 3.05) is 6.61 Å². The van der Waals surface area contributed by atoms with E-state index >= 15 is 0 Å². The van der Waals surface area contributed by atoms with Gasteiger partial charge in [-0.3, -0.25) is 4.79 Å². The molecule has 2 aromatic heterocycles. The van der Waals surface area contributed by atoms with Crippen LogP contribution in [-0.2, 0) is 11.8 Å². The first kappa shape index (κ1) is 15.3. The maximum absolute atomic E-state index is 12.7. The molecule has 2 heterocycles. The highest BCUT2D eigenvalue weighted by molar-refractivity contribution is 6.09. The molecule has 0 aliphatic heterocycles. The lowest BCUT2D eigenvalue weighted by Crippen LogP contribution is -2.13. The van der Waals surface area contributed by atoms with Crippen LogP contribution >= 0.6 is 0 Å². The number of aryl methyl sites for hydroxylation is 3. The molecule has 0 atom stereocenters. The molecule has 0 aliphatic rings. The summed E-state index contributed by atoms with van der Waals surface area (Å²) < 4.78 is 7.09. The second-order valence-corrected chi connectivity index (χ2v) is 5.87. The van der Waals surface area contributed by atoms with Gasteiger partial charge in [-0.15, -0.1) is 0 Å². The van der Waals surface area contributed by atoms with Crippen molar-refractivity contribution in [3.05, 3.63) is 44.9 Å². The minimum absolute atomic E-state index is 0.163. The Hall–Kier alpha value is -2.56. The number of hydrogen-bond donors (Lipinski definition) is 1. The van der Waals surface area contributed by atoms with Crippen molar-refractivity contribution in [2.24, 2.45) is 7.05 Å². The van der Waals surface area contributed by atoms with E-state index in [1.165, 1.54) is 6.07 Å². The Bertz CT molecular complexity index is 1010. The van der Waals surface area contributed by atoms with Crippen molar-refractivity contribution in [1.82, 2.24) is 9.55 Å². The third-order valence-electron chi connectivity index (χ3n) is 4.56. The number of carbonyl (C=O) groups is 1. The number of carbonyl (C=O) groups excluding carboxylic acids is 1. The molecule has 5 nitrogen and oxygen atoms in total. The van der Waals surface area contributed by atoms with Crippen LogP contribution < -0.4 is 5.43 Å². The standard InChI is InChI=1S/C18H20N2O3/c1-6-23-18(22)12-8-14(21)16-15-10(3)11(4)20(5)13(15)7-9(2)17(16)19-12/h7-8H,6H2,1-5H3,(H,19,21). The molecule has 0 spiro atoms. The molecule has 0 radical (unpaired) electrons. The lowest BCUT2D eigenvalue weighted by Gasteiger charge is -2.09. The lowest BCUT2D eigenvalue weighted by molar-refractivity contribution is 0.0520. The number of aromatic nitrogens is 2. The first-order valence-electron chi connectivity index (χ1n) is 7.66. The van der Waals surface area contributed by atoms with Crippen molar-refractivity contribution < 1.29 is 9.53 Å². The molecule has 0 saturated heterocycles. The topological polar surface area (TPSA) is 64.1 Å².